The zero-order valence-electron chi connectivity index (χ0n) is 15.7. The summed E-state index contributed by atoms with van der Waals surface area (Å²) in [4.78, 5) is 27.0. The molecule has 2 aromatic carbocycles. The lowest BCUT2D eigenvalue weighted by Crippen LogP contribution is -2.29. The lowest BCUT2D eigenvalue weighted by Gasteiger charge is -2.19. The highest BCUT2D eigenvalue weighted by molar-refractivity contribution is 8.05. The van der Waals surface area contributed by atoms with Crippen LogP contribution in [0.15, 0.2) is 59.1 Å². The summed E-state index contributed by atoms with van der Waals surface area (Å²) in [6.07, 6.45) is 0. The predicted molar refractivity (Wildman–Crippen MR) is 110 cm³/mol. The highest BCUT2D eigenvalue weighted by Crippen LogP contribution is 2.40. The van der Waals surface area contributed by atoms with E-state index in [2.05, 4.69) is 5.32 Å². The molecule has 2 amide bonds. The zero-order chi connectivity index (χ0) is 20.3. The van der Waals surface area contributed by atoms with Crippen LogP contribution in [0.25, 0.3) is 0 Å². The van der Waals surface area contributed by atoms with Gasteiger partial charge in [-0.3, -0.25) is 14.5 Å². The molecule has 2 aromatic rings. The monoisotopic (exact) mass is 393 g/mol. The van der Waals surface area contributed by atoms with Gasteiger partial charge in [0.15, 0.2) is 0 Å². The van der Waals surface area contributed by atoms with Gasteiger partial charge in [0.25, 0.3) is 5.91 Å². The van der Waals surface area contributed by atoms with Gasteiger partial charge in [0.05, 0.1) is 12.4 Å². The minimum atomic E-state index is -0.542. The Bertz CT molecular complexity index is 993. The van der Waals surface area contributed by atoms with E-state index in [-0.39, 0.29) is 11.5 Å². The van der Waals surface area contributed by atoms with Gasteiger partial charge in [-0.1, -0.05) is 30.0 Å². The van der Waals surface area contributed by atoms with E-state index in [1.165, 1.54) is 16.7 Å². The Kier molecular flexibility index (Phi) is 5.71. The number of thioether (sulfide) groups is 1. The number of para-hydroxylation sites is 1. The fourth-order valence-electron chi connectivity index (χ4n) is 2.79. The van der Waals surface area contributed by atoms with Gasteiger partial charge in [0, 0.05) is 11.4 Å². The molecule has 0 saturated carbocycles. The number of methoxy groups -OCH3 is 1. The van der Waals surface area contributed by atoms with Crippen LogP contribution in [-0.4, -0.2) is 24.2 Å². The third-order valence-corrected chi connectivity index (χ3v) is 5.50. The van der Waals surface area contributed by atoms with E-state index in [1.54, 1.807) is 50.4 Å². The molecule has 3 rings (SSSR count). The van der Waals surface area contributed by atoms with Crippen LogP contribution in [0, 0.1) is 18.3 Å². The topological polar surface area (TPSA) is 82.4 Å². The molecule has 0 spiro atoms. The van der Waals surface area contributed by atoms with Crippen molar-refractivity contribution in [1.82, 2.24) is 0 Å². The van der Waals surface area contributed by atoms with E-state index < -0.39 is 11.2 Å². The Labute approximate surface area is 167 Å². The fourth-order valence-corrected chi connectivity index (χ4v) is 3.89. The Balaban J connectivity index is 2.00. The number of hydrogen-bond acceptors (Lipinski definition) is 5. The zero-order valence-corrected chi connectivity index (χ0v) is 16.5. The van der Waals surface area contributed by atoms with E-state index in [1.807, 2.05) is 25.1 Å². The molecule has 7 heteroatoms. The summed E-state index contributed by atoms with van der Waals surface area (Å²) in [6.45, 7) is 3.62. The molecule has 1 unspecified atom stereocenters. The van der Waals surface area contributed by atoms with Crippen LogP contribution in [-0.2, 0) is 9.59 Å². The smallest absolute Gasteiger partial charge is 0.269 e. The first-order valence-electron chi connectivity index (χ1n) is 8.62. The maximum atomic E-state index is 12.8. The number of nitriles is 1. The van der Waals surface area contributed by atoms with Crippen molar-refractivity contribution in [2.24, 2.45) is 0 Å². The van der Waals surface area contributed by atoms with Gasteiger partial charge in [0.2, 0.25) is 5.91 Å². The summed E-state index contributed by atoms with van der Waals surface area (Å²) in [5.41, 5.74) is 1.99. The van der Waals surface area contributed by atoms with Crippen LogP contribution in [0.2, 0.25) is 0 Å². The number of aryl methyl sites for hydroxylation is 1. The number of carbonyl (C=O) groups excluding carboxylic acids is 2. The van der Waals surface area contributed by atoms with Gasteiger partial charge in [-0.15, -0.1) is 0 Å². The van der Waals surface area contributed by atoms with Crippen molar-refractivity contribution >= 4 is 35.0 Å². The third-order valence-electron chi connectivity index (χ3n) is 4.34. The quantitative estimate of drug-likeness (QED) is 0.630. The Morgan fingerprint density at radius 1 is 1.21 bits per heavy atom. The molecule has 0 aromatic heterocycles. The molecule has 1 heterocycles. The highest BCUT2D eigenvalue weighted by Gasteiger charge is 2.38. The molecule has 0 bridgehead atoms. The maximum absolute atomic E-state index is 12.8. The van der Waals surface area contributed by atoms with Gasteiger partial charge >= 0.3 is 0 Å². The largest absolute Gasteiger partial charge is 0.497 e. The van der Waals surface area contributed by atoms with Crippen LogP contribution >= 0.6 is 11.8 Å². The molecule has 142 valence electrons. The number of rotatable bonds is 4. The molecule has 0 aliphatic carbocycles. The van der Waals surface area contributed by atoms with Crippen LogP contribution < -0.4 is 15.0 Å². The molecule has 28 heavy (non-hydrogen) atoms. The van der Waals surface area contributed by atoms with Crippen molar-refractivity contribution in [2.75, 3.05) is 17.3 Å². The molecule has 6 nitrogen and oxygen atoms in total. The van der Waals surface area contributed by atoms with E-state index in [4.69, 9.17) is 4.74 Å². The predicted octanol–water partition coefficient (Wildman–Crippen LogP) is 3.85. The van der Waals surface area contributed by atoms with Crippen LogP contribution in [0.4, 0.5) is 11.4 Å². The second-order valence-electron chi connectivity index (χ2n) is 6.19. The van der Waals surface area contributed by atoms with Crippen molar-refractivity contribution in [3.05, 3.63) is 64.7 Å². The van der Waals surface area contributed by atoms with Crippen LogP contribution in [0.3, 0.4) is 0 Å². The van der Waals surface area contributed by atoms with E-state index in [0.29, 0.717) is 22.2 Å². The third kappa shape index (κ3) is 3.73. The molecule has 1 atom stereocenters. The van der Waals surface area contributed by atoms with Crippen molar-refractivity contribution in [2.45, 2.75) is 19.1 Å². The molecule has 0 radical (unpaired) electrons. The summed E-state index contributed by atoms with van der Waals surface area (Å²) in [5.74, 6) is -0.0688. The molecular weight excluding hydrogens is 374 g/mol. The Morgan fingerprint density at radius 3 is 2.50 bits per heavy atom. The number of nitrogens with one attached hydrogen (secondary N) is 1. The maximum Gasteiger partial charge on any atom is 0.269 e. The molecule has 1 aliphatic heterocycles. The summed E-state index contributed by atoms with van der Waals surface area (Å²) >= 11 is 1.20. The molecule has 1 aliphatic rings. The average Bonchev–Trinajstić information content (AvgIpc) is 2.99. The molecular formula is C21H19N3O3S. The van der Waals surface area contributed by atoms with Gasteiger partial charge in [0.1, 0.15) is 22.4 Å². The van der Waals surface area contributed by atoms with Crippen molar-refractivity contribution in [1.29, 1.82) is 5.26 Å². The lowest BCUT2D eigenvalue weighted by atomic mass is 10.2. The number of carbonyl (C=O) groups is 2. The second kappa shape index (κ2) is 8.19. The average molecular weight is 393 g/mol. The number of amides is 2. The van der Waals surface area contributed by atoms with Gasteiger partial charge in [-0.25, -0.2) is 0 Å². The number of anilines is 2. The van der Waals surface area contributed by atoms with E-state index >= 15 is 0 Å². The fraction of sp³-hybridized carbons (Fsp3) is 0.190. The first kappa shape index (κ1) is 19.5. The standard InChI is InChI=1S/C21H19N3O3S/c1-13-6-4-5-7-18(13)23-19(25)17(12-22)21-24(20(26)14(2)28-21)15-8-10-16(27-3)11-9-15/h4-11,14H,1-3H3,(H,23,25)/b21-17-. The number of ether oxygens (including phenoxy) is 1. The van der Waals surface area contributed by atoms with Crippen LogP contribution in [0.5, 0.6) is 5.75 Å². The summed E-state index contributed by atoms with van der Waals surface area (Å²) in [6, 6.07) is 16.2. The normalized spacial score (nSPS) is 17.9. The van der Waals surface area contributed by atoms with Gasteiger partial charge in [-0.05, 0) is 49.7 Å². The molecule has 1 N–H and O–H groups in total. The van der Waals surface area contributed by atoms with Crippen LogP contribution in [0.1, 0.15) is 12.5 Å². The van der Waals surface area contributed by atoms with Gasteiger partial charge in [-0.2, -0.15) is 5.26 Å². The number of benzene rings is 2. The first-order valence-corrected chi connectivity index (χ1v) is 9.50. The van der Waals surface area contributed by atoms with E-state index in [9.17, 15) is 14.9 Å². The SMILES string of the molecule is COc1ccc(N2C(=O)C(C)S/C2=C(/C#N)C(=O)Nc2ccccc2C)cc1. The Hall–Kier alpha value is -3.24. The number of nitrogens with zero attached hydrogens (tertiary/aromatic N) is 2. The van der Waals surface area contributed by atoms with Crippen molar-refractivity contribution in [3.8, 4) is 11.8 Å². The lowest BCUT2D eigenvalue weighted by molar-refractivity contribution is -0.116. The molecule has 1 fully saturated rings. The van der Waals surface area contributed by atoms with Crippen molar-refractivity contribution in [3.63, 3.8) is 0 Å². The second-order valence-corrected chi connectivity index (χ2v) is 7.52. The summed E-state index contributed by atoms with van der Waals surface area (Å²) in [7, 11) is 1.56. The van der Waals surface area contributed by atoms with E-state index in [0.717, 1.165) is 5.56 Å². The summed E-state index contributed by atoms with van der Waals surface area (Å²) in [5, 5.41) is 12.4. The minimum Gasteiger partial charge on any atom is -0.497 e. The van der Waals surface area contributed by atoms with Crippen molar-refractivity contribution < 1.29 is 14.3 Å². The first-order chi connectivity index (χ1) is 13.5. The summed E-state index contributed by atoms with van der Waals surface area (Å²) < 4.78 is 5.15. The Morgan fingerprint density at radius 2 is 1.89 bits per heavy atom. The minimum absolute atomic E-state index is 0.0956. The number of hydrogen-bond donors (Lipinski definition) is 1. The molecule has 1 saturated heterocycles. The van der Waals surface area contributed by atoms with Gasteiger partial charge < -0.3 is 10.1 Å². The highest BCUT2D eigenvalue weighted by atomic mass is 32.2.